The molecule has 4 atom stereocenters. The Morgan fingerprint density at radius 1 is 1.41 bits per heavy atom. The molecule has 1 aromatic heterocycles. The summed E-state index contributed by atoms with van der Waals surface area (Å²) in [6, 6.07) is 7.32. The second-order valence-electron chi connectivity index (χ2n) is 7.12. The molecule has 4 heterocycles. The number of carbonyl (C=O) groups is 2. The highest BCUT2D eigenvalue weighted by atomic mass is 19.1. The van der Waals surface area contributed by atoms with Gasteiger partial charge in [-0.05, 0) is 25.1 Å². The van der Waals surface area contributed by atoms with Gasteiger partial charge in [0.2, 0.25) is 11.8 Å². The average molecular weight is 369 g/mol. The van der Waals surface area contributed by atoms with Crippen molar-refractivity contribution in [1.29, 1.82) is 0 Å². The van der Waals surface area contributed by atoms with Crippen molar-refractivity contribution in [3.8, 4) is 0 Å². The number of amides is 2. The Bertz CT molecular complexity index is 987. The molecule has 3 aliphatic rings. The summed E-state index contributed by atoms with van der Waals surface area (Å²) in [5.74, 6) is -1.39. The Labute approximate surface area is 153 Å². The number of nitrogens with one attached hydrogen (secondary N) is 1. The van der Waals surface area contributed by atoms with Crippen LogP contribution in [-0.4, -0.2) is 35.2 Å². The number of ether oxygens (including phenoxy) is 1. The molecule has 0 aliphatic carbocycles. The van der Waals surface area contributed by atoms with Gasteiger partial charge >= 0.3 is 0 Å². The van der Waals surface area contributed by atoms with Crippen LogP contribution < -0.4 is 10.2 Å². The minimum atomic E-state index is -0.849. The fourth-order valence-electron chi connectivity index (χ4n) is 4.26. The summed E-state index contributed by atoms with van der Waals surface area (Å²) in [5, 5.41) is 6.61. The van der Waals surface area contributed by atoms with E-state index >= 15 is 0 Å². The van der Waals surface area contributed by atoms with E-state index in [1.54, 1.807) is 19.1 Å². The molecule has 138 valence electrons. The number of aromatic nitrogens is 1. The first-order chi connectivity index (χ1) is 13.0. The van der Waals surface area contributed by atoms with Gasteiger partial charge in [0.25, 0.3) is 0 Å². The zero-order valence-electron chi connectivity index (χ0n) is 14.4. The second-order valence-corrected chi connectivity index (χ2v) is 7.12. The Balaban J connectivity index is 1.44. The van der Waals surface area contributed by atoms with E-state index in [4.69, 9.17) is 9.26 Å². The molecule has 7 nitrogen and oxygen atoms in total. The smallest absolute Gasteiger partial charge is 0.235 e. The second kappa shape index (κ2) is 5.50. The lowest BCUT2D eigenvalue weighted by molar-refractivity contribution is -0.128. The van der Waals surface area contributed by atoms with Crippen LogP contribution in [0.25, 0.3) is 0 Å². The molecule has 5 rings (SSSR count). The molecule has 2 saturated heterocycles. The van der Waals surface area contributed by atoms with Crippen molar-refractivity contribution in [2.45, 2.75) is 18.6 Å². The van der Waals surface area contributed by atoms with Crippen molar-refractivity contribution < 1.29 is 23.2 Å². The maximum atomic E-state index is 13.4. The van der Waals surface area contributed by atoms with Gasteiger partial charge in [0, 0.05) is 11.8 Å². The van der Waals surface area contributed by atoms with Crippen molar-refractivity contribution in [3.05, 3.63) is 54.1 Å². The highest BCUT2D eigenvalue weighted by Crippen LogP contribution is 2.52. The number of hydrogen-bond donors (Lipinski definition) is 1. The van der Waals surface area contributed by atoms with E-state index in [1.165, 1.54) is 23.1 Å². The van der Waals surface area contributed by atoms with E-state index in [0.29, 0.717) is 17.3 Å². The van der Waals surface area contributed by atoms with E-state index in [0.717, 1.165) is 0 Å². The highest BCUT2D eigenvalue weighted by molar-refractivity contribution is 6.05. The van der Waals surface area contributed by atoms with E-state index in [9.17, 15) is 14.0 Å². The molecule has 2 amide bonds. The number of fused-ring (bicyclic) bond motifs is 1. The van der Waals surface area contributed by atoms with Crippen LogP contribution >= 0.6 is 0 Å². The summed E-state index contributed by atoms with van der Waals surface area (Å²) in [4.78, 5) is 27.5. The number of benzene rings is 1. The molecule has 1 N–H and O–H groups in total. The molecule has 8 heteroatoms. The molecular weight excluding hydrogens is 353 g/mol. The van der Waals surface area contributed by atoms with Crippen LogP contribution in [0, 0.1) is 24.6 Å². The molecule has 1 aromatic carbocycles. The van der Waals surface area contributed by atoms with Crippen molar-refractivity contribution in [3.63, 3.8) is 0 Å². The topological polar surface area (TPSA) is 84.7 Å². The molecule has 27 heavy (non-hydrogen) atoms. The minimum Gasteiger partial charge on any atom is -0.360 e. The van der Waals surface area contributed by atoms with Crippen molar-refractivity contribution in [2.24, 2.45) is 11.8 Å². The molecule has 0 unspecified atom stereocenters. The number of halogens is 1. The summed E-state index contributed by atoms with van der Waals surface area (Å²) < 4.78 is 24.5. The van der Waals surface area contributed by atoms with Crippen LogP contribution in [0.2, 0.25) is 0 Å². The third kappa shape index (κ3) is 2.33. The first-order valence-electron chi connectivity index (χ1n) is 8.65. The van der Waals surface area contributed by atoms with Gasteiger partial charge in [-0.1, -0.05) is 23.4 Å². The summed E-state index contributed by atoms with van der Waals surface area (Å²) in [5.41, 5.74) is -0.506. The van der Waals surface area contributed by atoms with Crippen LogP contribution in [0.3, 0.4) is 0 Å². The Kier molecular flexibility index (Phi) is 3.30. The zero-order valence-corrected chi connectivity index (χ0v) is 14.4. The first kappa shape index (κ1) is 16.2. The van der Waals surface area contributed by atoms with Gasteiger partial charge in [0.05, 0.1) is 24.5 Å². The molecule has 3 aliphatic heterocycles. The van der Waals surface area contributed by atoms with Crippen molar-refractivity contribution >= 4 is 23.3 Å². The number of carbonyl (C=O) groups excluding carboxylic acids is 2. The van der Waals surface area contributed by atoms with Gasteiger partial charge in [-0.15, -0.1) is 0 Å². The largest absolute Gasteiger partial charge is 0.360 e. The summed E-state index contributed by atoms with van der Waals surface area (Å²) >= 11 is 0. The van der Waals surface area contributed by atoms with Crippen LogP contribution in [-0.2, 0) is 14.3 Å². The third-order valence-electron chi connectivity index (χ3n) is 5.39. The highest BCUT2D eigenvalue weighted by Gasteiger charge is 2.67. The maximum absolute atomic E-state index is 13.4. The number of rotatable bonds is 3. The lowest BCUT2D eigenvalue weighted by Crippen LogP contribution is -2.41. The van der Waals surface area contributed by atoms with Crippen molar-refractivity contribution in [1.82, 2.24) is 5.16 Å². The fourth-order valence-corrected chi connectivity index (χ4v) is 4.26. The van der Waals surface area contributed by atoms with E-state index in [1.807, 2.05) is 12.2 Å². The van der Waals surface area contributed by atoms with Crippen LogP contribution in [0.4, 0.5) is 15.9 Å². The summed E-state index contributed by atoms with van der Waals surface area (Å²) in [7, 11) is 0. The lowest BCUT2D eigenvalue weighted by Gasteiger charge is -2.23. The predicted molar refractivity (Wildman–Crippen MR) is 92.3 cm³/mol. The van der Waals surface area contributed by atoms with Crippen LogP contribution in [0.15, 0.2) is 47.0 Å². The Morgan fingerprint density at radius 3 is 3.00 bits per heavy atom. The average Bonchev–Trinajstić information content (AvgIpc) is 3.36. The maximum Gasteiger partial charge on any atom is 0.235 e. The van der Waals surface area contributed by atoms with Gasteiger partial charge < -0.3 is 14.6 Å². The van der Waals surface area contributed by atoms with Gasteiger partial charge in [-0.25, -0.2) is 4.39 Å². The molecule has 2 fully saturated rings. The van der Waals surface area contributed by atoms with Gasteiger partial charge in [0.15, 0.2) is 5.82 Å². The molecule has 2 aromatic rings. The normalized spacial score (nSPS) is 30.8. The number of hydrogen-bond acceptors (Lipinski definition) is 5. The fraction of sp³-hybridized carbons (Fsp3) is 0.316. The van der Waals surface area contributed by atoms with Crippen LogP contribution in [0.5, 0.6) is 0 Å². The third-order valence-corrected chi connectivity index (χ3v) is 5.39. The molecule has 0 radical (unpaired) electrons. The zero-order chi connectivity index (χ0) is 18.8. The van der Waals surface area contributed by atoms with E-state index < -0.39 is 29.4 Å². The van der Waals surface area contributed by atoms with E-state index in [-0.39, 0.29) is 18.4 Å². The quantitative estimate of drug-likeness (QED) is 0.837. The van der Waals surface area contributed by atoms with Crippen molar-refractivity contribution in [2.75, 3.05) is 16.8 Å². The predicted octanol–water partition coefficient (Wildman–Crippen LogP) is 2.05. The Morgan fingerprint density at radius 2 is 2.26 bits per heavy atom. The summed E-state index contributed by atoms with van der Waals surface area (Å²) in [6.45, 7) is 2.02. The van der Waals surface area contributed by atoms with Crippen LogP contribution in [0.1, 0.15) is 5.76 Å². The molecule has 0 saturated carbocycles. The molecule has 2 bridgehead atoms. The van der Waals surface area contributed by atoms with Gasteiger partial charge in [-0.3, -0.25) is 14.5 Å². The minimum absolute atomic E-state index is 0.227. The monoisotopic (exact) mass is 369 g/mol. The van der Waals surface area contributed by atoms with Gasteiger partial charge in [0.1, 0.15) is 17.2 Å². The lowest BCUT2D eigenvalue weighted by atomic mass is 9.77. The summed E-state index contributed by atoms with van der Waals surface area (Å²) in [6.07, 6.45) is 3.20. The molecule has 1 spiro atoms. The number of aryl methyl sites for hydroxylation is 1. The SMILES string of the molecule is Cc1cc(N2C[C@@]34C=C[C@@H](O3)[C@@H](C(=O)Nc3cccc(F)c3)[C@H]4C2=O)no1. The van der Waals surface area contributed by atoms with Gasteiger partial charge in [-0.2, -0.15) is 0 Å². The first-order valence-corrected chi connectivity index (χ1v) is 8.65. The van der Waals surface area contributed by atoms with E-state index in [2.05, 4.69) is 10.5 Å². The Hall–Kier alpha value is -3.00. The molecular formula is C19H16FN3O4. The standard InChI is InChI=1S/C19H16FN3O4/c1-10-7-14(22-27-10)23-9-19-6-5-13(26-19)15(16(19)18(23)25)17(24)21-12-4-2-3-11(20)8-12/h2-8,13,15-16H,9H2,1H3,(H,21,24)/t13-,15-,16+,19-/m1/s1. The number of anilines is 2. The number of nitrogens with zero attached hydrogens (tertiary/aromatic N) is 2.